The van der Waals surface area contributed by atoms with Crippen molar-refractivity contribution >= 4 is 43.2 Å². The van der Waals surface area contributed by atoms with Gasteiger partial charge >= 0.3 is 0 Å². The van der Waals surface area contributed by atoms with E-state index in [0.717, 1.165) is 0 Å². The molecule has 2 heteroatoms. The van der Waals surface area contributed by atoms with Crippen molar-refractivity contribution in [3.8, 4) is 16.8 Å². The second-order valence-electron chi connectivity index (χ2n) is 7.07. The molecule has 0 unspecified atom stereocenters. The first-order valence-electron chi connectivity index (χ1n) is 9.45. The van der Waals surface area contributed by atoms with Crippen LogP contribution in [0.4, 0.5) is 0 Å². The van der Waals surface area contributed by atoms with Gasteiger partial charge < -0.3 is 4.57 Å². The van der Waals surface area contributed by atoms with Gasteiger partial charge in [0.2, 0.25) is 0 Å². The van der Waals surface area contributed by atoms with Crippen LogP contribution in [0.2, 0.25) is 0 Å². The molecule has 0 saturated carbocycles. The highest BCUT2D eigenvalue weighted by Gasteiger charge is 2.16. The minimum Gasteiger partial charge on any atom is -0.308 e. The first-order chi connectivity index (χ1) is 13.9. The first kappa shape index (κ1) is 15.7. The van der Waals surface area contributed by atoms with Crippen LogP contribution in [-0.2, 0) is 0 Å². The van der Waals surface area contributed by atoms with Gasteiger partial charge in [-0.05, 0) is 52.2 Å². The Bertz CT molecular complexity index is 1440. The molecule has 2 heterocycles. The molecule has 0 atom stereocenters. The Hall–Kier alpha value is -3.36. The van der Waals surface area contributed by atoms with Gasteiger partial charge in [-0.15, -0.1) is 11.3 Å². The average Bonchev–Trinajstić information content (AvgIpc) is 3.37. The molecule has 2 aromatic heterocycles. The van der Waals surface area contributed by atoms with E-state index in [-0.39, 0.29) is 0 Å². The van der Waals surface area contributed by atoms with Crippen LogP contribution in [0.5, 0.6) is 0 Å². The van der Waals surface area contributed by atoms with Crippen molar-refractivity contribution in [3.05, 3.63) is 102 Å². The van der Waals surface area contributed by atoms with Gasteiger partial charge in [-0.2, -0.15) is 0 Å². The molecule has 0 amide bonds. The fourth-order valence-electron chi connectivity index (χ4n) is 4.18. The number of hydrogen-bond acceptors (Lipinski definition) is 1. The third kappa shape index (κ3) is 2.25. The van der Waals surface area contributed by atoms with Gasteiger partial charge in [-0.1, -0.05) is 66.7 Å². The minimum absolute atomic E-state index is 1.20. The number of para-hydroxylation sites is 1. The van der Waals surface area contributed by atoms with Crippen molar-refractivity contribution in [2.45, 2.75) is 0 Å². The van der Waals surface area contributed by atoms with Crippen LogP contribution in [0.3, 0.4) is 0 Å². The van der Waals surface area contributed by atoms with E-state index in [1.54, 1.807) is 0 Å². The van der Waals surface area contributed by atoms with Crippen LogP contribution in [0.25, 0.3) is 48.7 Å². The van der Waals surface area contributed by atoms with E-state index < -0.39 is 0 Å². The molecule has 0 saturated heterocycles. The standard InChI is InChI=1S/C26H17NS/c1-3-7-18(8-4-1)20-12-14-24-23(17-20)22-13-11-19-15-16-28-26(19)25(22)27(24)21-9-5-2-6-10-21/h1-17H. The summed E-state index contributed by atoms with van der Waals surface area (Å²) in [6.45, 7) is 0. The van der Waals surface area contributed by atoms with Crippen LogP contribution in [0.15, 0.2) is 102 Å². The Labute approximate surface area is 167 Å². The van der Waals surface area contributed by atoms with E-state index in [9.17, 15) is 0 Å². The van der Waals surface area contributed by atoms with E-state index >= 15 is 0 Å². The molecule has 6 rings (SSSR count). The lowest BCUT2D eigenvalue weighted by molar-refractivity contribution is 1.19. The van der Waals surface area contributed by atoms with Crippen LogP contribution in [0.1, 0.15) is 0 Å². The van der Waals surface area contributed by atoms with E-state index in [4.69, 9.17) is 0 Å². The Balaban J connectivity index is 1.78. The van der Waals surface area contributed by atoms with Gasteiger partial charge in [0, 0.05) is 16.5 Å². The third-order valence-corrected chi connectivity index (χ3v) is 6.41. The van der Waals surface area contributed by atoms with Crippen molar-refractivity contribution in [3.63, 3.8) is 0 Å². The smallest absolute Gasteiger partial charge is 0.0719 e. The number of fused-ring (bicyclic) bond motifs is 5. The van der Waals surface area contributed by atoms with Crippen molar-refractivity contribution in [1.82, 2.24) is 4.57 Å². The average molecular weight is 375 g/mol. The second-order valence-corrected chi connectivity index (χ2v) is 7.99. The number of nitrogens with zero attached hydrogens (tertiary/aromatic N) is 1. The summed E-state index contributed by atoms with van der Waals surface area (Å²) in [6, 6.07) is 34.9. The van der Waals surface area contributed by atoms with Gasteiger partial charge in [0.15, 0.2) is 0 Å². The highest BCUT2D eigenvalue weighted by atomic mass is 32.1. The highest BCUT2D eigenvalue weighted by Crippen LogP contribution is 2.39. The molecule has 0 radical (unpaired) electrons. The number of rotatable bonds is 2. The zero-order chi connectivity index (χ0) is 18.5. The summed E-state index contributed by atoms with van der Waals surface area (Å²) in [5.74, 6) is 0. The number of aromatic nitrogens is 1. The lowest BCUT2D eigenvalue weighted by atomic mass is 10.0. The molecule has 0 aliphatic rings. The summed E-state index contributed by atoms with van der Waals surface area (Å²) in [7, 11) is 0. The normalized spacial score (nSPS) is 11.6. The Morgan fingerprint density at radius 1 is 0.607 bits per heavy atom. The van der Waals surface area contributed by atoms with E-state index in [2.05, 4.69) is 107 Å². The molecule has 0 fully saturated rings. The molecule has 1 nitrogen and oxygen atoms in total. The molecule has 132 valence electrons. The van der Waals surface area contributed by atoms with Gasteiger partial charge in [-0.3, -0.25) is 0 Å². The van der Waals surface area contributed by atoms with Crippen molar-refractivity contribution in [1.29, 1.82) is 0 Å². The van der Waals surface area contributed by atoms with Gasteiger partial charge in [0.25, 0.3) is 0 Å². The van der Waals surface area contributed by atoms with Crippen LogP contribution < -0.4 is 0 Å². The molecule has 0 aliphatic carbocycles. The quantitative estimate of drug-likeness (QED) is 0.293. The van der Waals surface area contributed by atoms with E-state index in [0.29, 0.717) is 0 Å². The predicted octanol–water partition coefficient (Wildman–Crippen LogP) is 7.67. The molecule has 0 spiro atoms. The highest BCUT2D eigenvalue weighted by molar-refractivity contribution is 7.18. The fraction of sp³-hybridized carbons (Fsp3) is 0. The molecule has 0 N–H and O–H groups in total. The monoisotopic (exact) mass is 375 g/mol. The molecular weight excluding hydrogens is 358 g/mol. The number of benzene rings is 4. The van der Waals surface area contributed by atoms with Gasteiger partial charge in [-0.25, -0.2) is 0 Å². The number of thiophene rings is 1. The fourth-order valence-corrected chi connectivity index (χ4v) is 5.11. The van der Waals surface area contributed by atoms with Crippen molar-refractivity contribution in [2.75, 3.05) is 0 Å². The number of hydrogen-bond donors (Lipinski definition) is 0. The molecule has 28 heavy (non-hydrogen) atoms. The van der Waals surface area contributed by atoms with Crippen LogP contribution in [0, 0.1) is 0 Å². The summed E-state index contributed by atoms with van der Waals surface area (Å²) < 4.78 is 3.76. The molecule has 4 aromatic carbocycles. The summed E-state index contributed by atoms with van der Waals surface area (Å²) >= 11 is 1.82. The van der Waals surface area contributed by atoms with E-state index in [1.165, 1.54) is 48.7 Å². The minimum atomic E-state index is 1.20. The van der Waals surface area contributed by atoms with Crippen LogP contribution >= 0.6 is 11.3 Å². The molecule has 0 bridgehead atoms. The summed E-state index contributed by atoms with van der Waals surface area (Å²) in [5, 5.41) is 6.11. The SMILES string of the molecule is c1ccc(-c2ccc3c(c2)c2ccc4ccsc4c2n3-c2ccccc2)cc1. The second kappa shape index (κ2) is 6.08. The van der Waals surface area contributed by atoms with E-state index in [1.807, 2.05) is 11.3 Å². The lowest BCUT2D eigenvalue weighted by Crippen LogP contribution is -1.93. The van der Waals surface area contributed by atoms with Gasteiger partial charge in [0.05, 0.1) is 15.7 Å². The maximum atomic E-state index is 2.41. The summed E-state index contributed by atoms with van der Waals surface area (Å²) in [6.07, 6.45) is 0. The summed E-state index contributed by atoms with van der Waals surface area (Å²) in [4.78, 5) is 0. The van der Waals surface area contributed by atoms with Crippen molar-refractivity contribution < 1.29 is 0 Å². The first-order valence-corrected chi connectivity index (χ1v) is 10.3. The predicted molar refractivity (Wildman–Crippen MR) is 122 cm³/mol. The maximum absolute atomic E-state index is 2.41. The van der Waals surface area contributed by atoms with Crippen molar-refractivity contribution in [2.24, 2.45) is 0 Å². The zero-order valence-electron chi connectivity index (χ0n) is 15.2. The Morgan fingerprint density at radius 2 is 1.39 bits per heavy atom. The van der Waals surface area contributed by atoms with Gasteiger partial charge in [0.1, 0.15) is 0 Å². The third-order valence-electron chi connectivity index (χ3n) is 5.47. The largest absolute Gasteiger partial charge is 0.308 e. The lowest BCUT2D eigenvalue weighted by Gasteiger charge is -2.08. The molecule has 0 aliphatic heterocycles. The maximum Gasteiger partial charge on any atom is 0.0719 e. The molecular formula is C26H17NS. The zero-order valence-corrected chi connectivity index (χ0v) is 16.0. The topological polar surface area (TPSA) is 4.93 Å². The molecule has 6 aromatic rings. The van der Waals surface area contributed by atoms with Crippen LogP contribution in [-0.4, -0.2) is 4.57 Å². The Morgan fingerprint density at radius 3 is 2.21 bits per heavy atom. The summed E-state index contributed by atoms with van der Waals surface area (Å²) in [5.41, 5.74) is 6.27. The Kier molecular flexibility index (Phi) is 3.40.